The number of amides is 1. The van der Waals surface area contributed by atoms with Crippen molar-refractivity contribution in [2.75, 3.05) is 50.0 Å². The third-order valence-corrected chi connectivity index (χ3v) is 8.03. The number of halogens is 2. The molecule has 1 aliphatic heterocycles. The Bertz CT molecular complexity index is 1120. The number of hydrogen-bond donors (Lipinski definition) is 1. The number of nitrogen functional groups attached to an aromatic ring is 1. The van der Waals surface area contributed by atoms with Crippen LogP contribution in [0.15, 0.2) is 36.4 Å². The first kappa shape index (κ1) is 25.6. The van der Waals surface area contributed by atoms with Crippen LogP contribution in [0.1, 0.15) is 30.0 Å². The fourth-order valence-corrected chi connectivity index (χ4v) is 4.87. The van der Waals surface area contributed by atoms with Crippen LogP contribution in [0.2, 0.25) is 10.0 Å². The summed E-state index contributed by atoms with van der Waals surface area (Å²) in [7, 11) is -0.188. The van der Waals surface area contributed by atoms with Gasteiger partial charge in [-0.2, -0.15) is 0 Å². The highest BCUT2D eigenvalue weighted by molar-refractivity contribution is 7.92. The fourth-order valence-electron chi connectivity index (χ4n) is 4.03. The Morgan fingerprint density at radius 1 is 1.09 bits per heavy atom. The highest BCUT2D eigenvalue weighted by atomic mass is 35.5. The van der Waals surface area contributed by atoms with E-state index in [1.54, 1.807) is 42.3 Å². The second kappa shape index (κ2) is 10.5. The van der Waals surface area contributed by atoms with Crippen molar-refractivity contribution in [3.05, 3.63) is 57.6 Å². The molecule has 1 heterocycles. The predicted octanol–water partition coefficient (Wildman–Crippen LogP) is 3.81. The average Bonchev–Trinajstić information content (AvgIpc) is 3.26. The quantitative estimate of drug-likeness (QED) is 0.543. The summed E-state index contributed by atoms with van der Waals surface area (Å²) in [6.07, 6.45) is 3.59. The predicted molar refractivity (Wildman–Crippen MR) is 135 cm³/mol. The Balaban J connectivity index is 1.88. The molecule has 1 saturated heterocycles. The molecule has 1 aliphatic rings. The number of likely N-dealkylation sites (tertiary alicyclic amines) is 1. The molecular weight excluding hydrogens is 483 g/mol. The van der Waals surface area contributed by atoms with E-state index in [4.69, 9.17) is 28.9 Å². The maximum absolute atomic E-state index is 13.2. The van der Waals surface area contributed by atoms with Gasteiger partial charge in [0.05, 0.1) is 40.1 Å². The zero-order chi connectivity index (χ0) is 24.3. The van der Waals surface area contributed by atoms with Gasteiger partial charge in [0.25, 0.3) is 0 Å². The molecule has 0 aliphatic carbocycles. The summed E-state index contributed by atoms with van der Waals surface area (Å²) in [5.41, 5.74) is 8.64. The number of rotatable bonds is 8. The van der Waals surface area contributed by atoms with Crippen LogP contribution in [0.25, 0.3) is 0 Å². The molecular formula is C23H30Cl2N4O3S. The second-order valence-electron chi connectivity index (χ2n) is 8.50. The summed E-state index contributed by atoms with van der Waals surface area (Å²) in [6, 6.07) is 10.3. The first-order chi connectivity index (χ1) is 15.5. The van der Waals surface area contributed by atoms with Crippen molar-refractivity contribution in [3.8, 4) is 0 Å². The molecule has 1 fully saturated rings. The number of nitrogens with two attached hydrogens (primary N) is 1. The van der Waals surface area contributed by atoms with Gasteiger partial charge < -0.3 is 15.5 Å². The first-order valence-electron chi connectivity index (χ1n) is 10.7. The van der Waals surface area contributed by atoms with Crippen LogP contribution >= 0.6 is 23.2 Å². The molecule has 1 atom stereocenters. The molecule has 2 aromatic carbocycles. The SMILES string of the molecule is CN(C(=O)Cc1ccc(Cl)c(Cl)c1)C(CN1CCCC1)c1ccc(N(C)S(C)(=O)=O)c(N)c1. The van der Waals surface area contributed by atoms with Gasteiger partial charge in [0.1, 0.15) is 0 Å². The Kier molecular flexibility index (Phi) is 8.16. The molecule has 180 valence electrons. The van der Waals surface area contributed by atoms with Crippen LogP contribution in [0.4, 0.5) is 11.4 Å². The summed E-state index contributed by atoms with van der Waals surface area (Å²) in [6.45, 7) is 2.63. The van der Waals surface area contributed by atoms with Gasteiger partial charge in [0.15, 0.2) is 0 Å². The van der Waals surface area contributed by atoms with Crippen LogP contribution in [-0.4, -0.2) is 64.1 Å². The van der Waals surface area contributed by atoms with Gasteiger partial charge in [-0.15, -0.1) is 0 Å². The summed E-state index contributed by atoms with van der Waals surface area (Å²) in [4.78, 5) is 17.3. The van der Waals surface area contributed by atoms with Gasteiger partial charge in [-0.3, -0.25) is 9.10 Å². The molecule has 7 nitrogen and oxygen atoms in total. The van der Waals surface area contributed by atoms with Crippen molar-refractivity contribution in [3.63, 3.8) is 0 Å². The van der Waals surface area contributed by atoms with Gasteiger partial charge in [0, 0.05) is 20.6 Å². The van der Waals surface area contributed by atoms with Crippen LogP contribution in [0.3, 0.4) is 0 Å². The molecule has 0 radical (unpaired) electrons. The number of benzene rings is 2. The largest absolute Gasteiger partial charge is 0.397 e. The summed E-state index contributed by atoms with van der Waals surface area (Å²) < 4.78 is 25.0. The van der Waals surface area contributed by atoms with Crippen molar-refractivity contribution in [1.82, 2.24) is 9.80 Å². The lowest BCUT2D eigenvalue weighted by atomic mass is 10.0. The first-order valence-corrected chi connectivity index (χ1v) is 13.3. The molecule has 0 saturated carbocycles. The lowest BCUT2D eigenvalue weighted by molar-refractivity contribution is -0.131. The molecule has 2 aromatic rings. The number of carbonyl (C=O) groups is 1. The third kappa shape index (κ3) is 6.32. The number of carbonyl (C=O) groups excluding carboxylic acids is 1. The van der Waals surface area contributed by atoms with Gasteiger partial charge in [0.2, 0.25) is 15.9 Å². The highest BCUT2D eigenvalue weighted by Crippen LogP contribution is 2.31. The summed E-state index contributed by atoms with van der Waals surface area (Å²) in [5.74, 6) is -0.0616. The van der Waals surface area contributed by atoms with E-state index in [-0.39, 0.29) is 18.4 Å². The number of anilines is 2. The average molecular weight is 513 g/mol. The van der Waals surface area contributed by atoms with Gasteiger partial charge in [-0.1, -0.05) is 35.3 Å². The Morgan fingerprint density at radius 3 is 2.33 bits per heavy atom. The summed E-state index contributed by atoms with van der Waals surface area (Å²) in [5, 5.41) is 0.861. The van der Waals surface area contributed by atoms with Crippen molar-refractivity contribution >= 4 is 50.5 Å². The highest BCUT2D eigenvalue weighted by Gasteiger charge is 2.27. The van der Waals surface area contributed by atoms with Gasteiger partial charge in [-0.05, 0) is 61.3 Å². The van der Waals surface area contributed by atoms with E-state index >= 15 is 0 Å². The van der Waals surface area contributed by atoms with E-state index in [9.17, 15) is 13.2 Å². The molecule has 0 spiro atoms. The zero-order valence-corrected chi connectivity index (χ0v) is 21.4. The molecule has 1 amide bonds. The van der Waals surface area contributed by atoms with E-state index in [2.05, 4.69) is 4.90 Å². The number of sulfonamides is 1. The minimum atomic E-state index is -3.44. The normalized spacial score (nSPS) is 15.4. The van der Waals surface area contributed by atoms with Crippen LogP contribution in [0.5, 0.6) is 0 Å². The van der Waals surface area contributed by atoms with E-state index in [0.717, 1.165) is 47.6 Å². The van der Waals surface area contributed by atoms with Crippen LogP contribution in [0, 0.1) is 0 Å². The molecule has 0 bridgehead atoms. The van der Waals surface area contributed by atoms with Crippen LogP contribution < -0.4 is 10.0 Å². The van der Waals surface area contributed by atoms with Crippen LogP contribution in [-0.2, 0) is 21.2 Å². The number of nitrogens with zero attached hydrogens (tertiary/aromatic N) is 3. The monoisotopic (exact) mass is 512 g/mol. The number of likely N-dealkylation sites (N-methyl/N-ethyl adjacent to an activating group) is 1. The van der Waals surface area contributed by atoms with Gasteiger partial charge >= 0.3 is 0 Å². The topological polar surface area (TPSA) is 87.0 Å². The Hall–Kier alpha value is -2.00. The standard InChI is InChI=1S/C23H30Cl2N4O3S/c1-27(23(30)13-16-6-8-18(24)19(25)12-16)22(15-29-10-4-5-11-29)17-7-9-21(20(26)14-17)28(2)33(3,31)32/h6-9,12,14,22H,4-5,10-11,13,15,26H2,1-3H3. The minimum Gasteiger partial charge on any atom is -0.397 e. The smallest absolute Gasteiger partial charge is 0.232 e. The Labute approximate surface area is 206 Å². The number of hydrogen-bond acceptors (Lipinski definition) is 5. The third-order valence-electron chi connectivity index (χ3n) is 6.10. The maximum Gasteiger partial charge on any atom is 0.232 e. The van der Waals surface area contributed by atoms with E-state index in [1.165, 1.54) is 7.05 Å². The minimum absolute atomic E-state index is 0.0616. The molecule has 33 heavy (non-hydrogen) atoms. The van der Waals surface area contributed by atoms with Crippen molar-refractivity contribution in [2.45, 2.75) is 25.3 Å². The molecule has 3 rings (SSSR count). The second-order valence-corrected chi connectivity index (χ2v) is 11.3. The van der Waals surface area contributed by atoms with Crippen molar-refractivity contribution in [1.29, 1.82) is 0 Å². The molecule has 2 N–H and O–H groups in total. The molecule has 0 aromatic heterocycles. The van der Waals surface area contributed by atoms with Crippen molar-refractivity contribution < 1.29 is 13.2 Å². The van der Waals surface area contributed by atoms with Gasteiger partial charge in [-0.25, -0.2) is 8.42 Å². The molecule has 10 heteroatoms. The van der Waals surface area contributed by atoms with Crippen molar-refractivity contribution in [2.24, 2.45) is 0 Å². The fraction of sp³-hybridized carbons (Fsp3) is 0.435. The Morgan fingerprint density at radius 2 is 1.76 bits per heavy atom. The zero-order valence-electron chi connectivity index (χ0n) is 19.1. The summed E-state index contributed by atoms with van der Waals surface area (Å²) >= 11 is 12.1. The van der Waals surface area contributed by atoms with E-state index < -0.39 is 10.0 Å². The maximum atomic E-state index is 13.2. The molecule has 1 unspecified atom stereocenters. The van der Waals surface area contributed by atoms with E-state index in [0.29, 0.717) is 28.0 Å². The lowest BCUT2D eigenvalue weighted by Crippen LogP contribution is -2.39. The lowest BCUT2D eigenvalue weighted by Gasteiger charge is -2.33. The van der Waals surface area contributed by atoms with E-state index in [1.807, 2.05) is 6.07 Å².